The van der Waals surface area contributed by atoms with Gasteiger partial charge in [-0.05, 0) is 24.2 Å². The van der Waals surface area contributed by atoms with Crippen LogP contribution in [0.4, 0.5) is 11.4 Å². The van der Waals surface area contributed by atoms with Crippen molar-refractivity contribution in [2.24, 2.45) is 0 Å². The van der Waals surface area contributed by atoms with Crippen molar-refractivity contribution in [1.82, 2.24) is 5.32 Å². The molecule has 0 amide bonds. The second-order valence-electron chi connectivity index (χ2n) is 7.80. The van der Waals surface area contributed by atoms with Gasteiger partial charge < -0.3 is 16.8 Å². The van der Waals surface area contributed by atoms with E-state index in [-0.39, 0.29) is 22.3 Å². The van der Waals surface area contributed by atoms with Crippen LogP contribution < -0.4 is 16.8 Å². The topological polar surface area (TPSA) is 207 Å². The molecule has 0 aromatic heterocycles. The van der Waals surface area contributed by atoms with Crippen LogP contribution in [0, 0.1) is 0 Å². The summed E-state index contributed by atoms with van der Waals surface area (Å²) >= 11 is 0. The van der Waals surface area contributed by atoms with Crippen LogP contribution in [0.3, 0.4) is 0 Å². The lowest BCUT2D eigenvalue weighted by atomic mass is 9.79. The van der Waals surface area contributed by atoms with Crippen LogP contribution in [0.1, 0.15) is 37.4 Å². The number of nitrogens with one attached hydrogen (secondary N) is 1. The summed E-state index contributed by atoms with van der Waals surface area (Å²) in [6, 6.07) is 9.73. The Balaban J connectivity index is 2.16. The molecule has 0 saturated heterocycles. The molecule has 0 saturated carbocycles. The number of hydrogen-bond acceptors (Lipinski definition) is 9. The molecule has 0 spiro atoms. The van der Waals surface area contributed by atoms with Gasteiger partial charge in [0.2, 0.25) is 0 Å². The van der Waals surface area contributed by atoms with Crippen molar-refractivity contribution in [2.45, 2.75) is 16.3 Å². The molecule has 0 fully saturated rings. The zero-order chi connectivity index (χ0) is 25.9. The Kier molecular flexibility index (Phi) is 5.78. The SMILES string of the molecule is CNCc1ccc(-c2c(N)c(S(=O)(=O)O)c(N)c3c2C(=O)c2cccc(S(=O)(=O)O)c2C3=O)cc1. The molecule has 1 aliphatic rings. The first kappa shape index (κ1) is 24.5. The van der Waals surface area contributed by atoms with Gasteiger partial charge in [0, 0.05) is 23.2 Å². The minimum atomic E-state index is -5.09. The highest BCUT2D eigenvalue weighted by Crippen LogP contribution is 2.46. The number of hydrogen-bond donors (Lipinski definition) is 5. The molecule has 13 heteroatoms. The van der Waals surface area contributed by atoms with E-state index in [2.05, 4.69) is 5.32 Å². The molecule has 0 unspecified atom stereocenters. The van der Waals surface area contributed by atoms with Crippen LogP contribution in [0.25, 0.3) is 11.1 Å². The van der Waals surface area contributed by atoms with E-state index >= 15 is 0 Å². The second-order valence-corrected chi connectivity index (χ2v) is 10.5. The van der Waals surface area contributed by atoms with E-state index in [0.717, 1.165) is 11.6 Å². The third-order valence-corrected chi connectivity index (χ3v) is 7.49. The molecule has 11 nitrogen and oxygen atoms in total. The molecule has 35 heavy (non-hydrogen) atoms. The highest BCUT2D eigenvalue weighted by atomic mass is 32.2. The highest BCUT2D eigenvalue weighted by Gasteiger charge is 2.41. The number of nitrogen functional groups attached to an aromatic ring is 2. The van der Waals surface area contributed by atoms with Crippen molar-refractivity contribution < 1.29 is 35.5 Å². The van der Waals surface area contributed by atoms with E-state index in [0.29, 0.717) is 6.54 Å². The first-order chi connectivity index (χ1) is 16.3. The van der Waals surface area contributed by atoms with Crippen LogP contribution in [0.2, 0.25) is 0 Å². The van der Waals surface area contributed by atoms with Crippen LogP contribution in [-0.2, 0) is 26.8 Å². The fourth-order valence-electron chi connectivity index (χ4n) is 4.23. The number of ketones is 2. The predicted molar refractivity (Wildman–Crippen MR) is 126 cm³/mol. The lowest BCUT2D eigenvalue weighted by Gasteiger charge is -2.26. The Hall–Kier alpha value is -3.62. The minimum absolute atomic E-state index is 0.168. The lowest BCUT2D eigenvalue weighted by molar-refractivity contribution is 0.0977. The van der Waals surface area contributed by atoms with Gasteiger partial charge in [-0.3, -0.25) is 18.7 Å². The normalized spacial score (nSPS) is 13.5. The Bertz CT molecular complexity index is 1650. The Morgan fingerprint density at radius 2 is 1.37 bits per heavy atom. The second kappa shape index (κ2) is 8.25. The molecule has 0 heterocycles. The molecular formula is C22H19N3O8S2. The maximum Gasteiger partial charge on any atom is 0.298 e. The molecule has 1 aliphatic carbocycles. The summed E-state index contributed by atoms with van der Waals surface area (Å²) in [5.41, 5.74) is 9.63. The molecule has 3 aromatic carbocycles. The molecule has 0 aliphatic heterocycles. The maximum atomic E-state index is 13.6. The van der Waals surface area contributed by atoms with Crippen LogP contribution >= 0.6 is 0 Å². The predicted octanol–water partition coefficient (Wildman–Crippen LogP) is 1.51. The summed E-state index contributed by atoms with van der Waals surface area (Å²) in [5, 5.41) is 2.96. The summed E-state index contributed by atoms with van der Waals surface area (Å²) in [6.45, 7) is 0.509. The highest BCUT2D eigenvalue weighted by molar-refractivity contribution is 7.86. The average molecular weight is 518 g/mol. The zero-order valence-electron chi connectivity index (χ0n) is 18.1. The number of nitrogens with two attached hydrogens (primary N) is 2. The number of fused-ring (bicyclic) bond motifs is 2. The van der Waals surface area contributed by atoms with Crippen molar-refractivity contribution in [1.29, 1.82) is 0 Å². The fourth-order valence-corrected chi connectivity index (χ4v) is 5.70. The first-order valence-electron chi connectivity index (χ1n) is 9.95. The summed E-state index contributed by atoms with van der Waals surface area (Å²) in [6.07, 6.45) is 0. The largest absolute Gasteiger partial charge is 0.397 e. The van der Waals surface area contributed by atoms with E-state index in [1.165, 1.54) is 12.1 Å². The number of anilines is 2. The monoisotopic (exact) mass is 517 g/mol. The third-order valence-electron chi connectivity index (χ3n) is 5.64. The molecule has 182 valence electrons. The number of carbonyl (C=O) groups is 2. The van der Waals surface area contributed by atoms with Crippen molar-refractivity contribution in [2.75, 3.05) is 18.5 Å². The van der Waals surface area contributed by atoms with E-state index < -0.39 is 64.1 Å². The average Bonchev–Trinajstić information content (AvgIpc) is 2.76. The number of rotatable bonds is 5. The Morgan fingerprint density at radius 3 is 1.91 bits per heavy atom. The molecule has 0 atom stereocenters. The van der Waals surface area contributed by atoms with Gasteiger partial charge >= 0.3 is 0 Å². The molecular weight excluding hydrogens is 498 g/mol. The van der Waals surface area contributed by atoms with Crippen LogP contribution in [-0.4, -0.2) is 44.6 Å². The van der Waals surface area contributed by atoms with Gasteiger partial charge in [-0.15, -0.1) is 0 Å². The summed E-state index contributed by atoms with van der Waals surface area (Å²) in [4.78, 5) is 25.3. The molecule has 0 bridgehead atoms. The molecule has 3 aromatic rings. The van der Waals surface area contributed by atoms with Crippen molar-refractivity contribution in [3.63, 3.8) is 0 Å². The van der Waals surface area contributed by atoms with Gasteiger partial charge in [-0.2, -0.15) is 16.8 Å². The maximum absolute atomic E-state index is 13.6. The standard InChI is InChI=1S/C22H19N3O8S2/c1-25-9-10-5-7-11(8-6-10)14-16-17(19(24)22(18(14)23)35(31,32)33)21(27)15-12(20(16)26)3-2-4-13(15)34(28,29)30/h2-8,25H,9,23-24H2,1H3,(H,28,29,30)(H,31,32,33). The molecule has 7 N–H and O–H groups in total. The van der Waals surface area contributed by atoms with E-state index in [1.807, 2.05) is 0 Å². The van der Waals surface area contributed by atoms with Crippen molar-refractivity contribution >= 4 is 43.2 Å². The first-order valence-corrected chi connectivity index (χ1v) is 12.8. The zero-order valence-corrected chi connectivity index (χ0v) is 19.7. The van der Waals surface area contributed by atoms with Gasteiger partial charge in [-0.1, -0.05) is 36.4 Å². The Labute approximate surface area is 200 Å². The quantitative estimate of drug-likeness (QED) is 0.189. The minimum Gasteiger partial charge on any atom is -0.397 e. The lowest BCUT2D eigenvalue weighted by Crippen LogP contribution is -2.27. The van der Waals surface area contributed by atoms with Crippen LogP contribution in [0.15, 0.2) is 52.3 Å². The van der Waals surface area contributed by atoms with Crippen molar-refractivity contribution in [3.8, 4) is 11.1 Å². The summed E-state index contributed by atoms with van der Waals surface area (Å²) < 4.78 is 67.7. The van der Waals surface area contributed by atoms with Crippen molar-refractivity contribution in [3.05, 3.63) is 70.3 Å². The van der Waals surface area contributed by atoms with E-state index in [1.54, 1.807) is 31.3 Å². The van der Waals surface area contributed by atoms with Gasteiger partial charge in [0.25, 0.3) is 20.2 Å². The smallest absolute Gasteiger partial charge is 0.298 e. The van der Waals surface area contributed by atoms with Gasteiger partial charge in [0.1, 0.15) is 9.79 Å². The van der Waals surface area contributed by atoms with Gasteiger partial charge in [0.05, 0.1) is 22.5 Å². The van der Waals surface area contributed by atoms with Gasteiger partial charge in [-0.25, -0.2) is 0 Å². The number of benzene rings is 3. The molecule has 0 radical (unpaired) electrons. The van der Waals surface area contributed by atoms with E-state index in [4.69, 9.17) is 11.5 Å². The Morgan fingerprint density at radius 1 is 0.771 bits per heavy atom. The van der Waals surface area contributed by atoms with Crippen LogP contribution in [0.5, 0.6) is 0 Å². The summed E-state index contributed by atoms with van der Waals surface area (Å²) in [7, 11) is -8.30. The number of carbonyl (C=O) groups excluding carboxylic acids is 2. The van der Waals surface area contributed by atoms with E-state index in [9.17, 15) is 35.5 Å². The third kappa shape index (κ3) is 3.88. The summed E-state index contributed by atoms with van der Waals surface area (Å²) in [5.74, 6) is -1.99. The van der Waals surface area contributed by atoms with Gasteiger partial charge in [0.15, 0.2) is 11.6 Å². The fraction of sp³-hybridized carbons (Fsp3) is 0.0909. The molecule has 4 rings (SSSR count).